The van der Waals surface area contributed by atoms with Gasteiger partial charge in [0, 0.05) is 13.6 Å². The summed E-state index contributed by atoms with van der Waals surface area (Å²) in [5.41, 5.74) is -2.48. The summed E-state index contributed by atoms with van der Waals surface area (Å²) in [6.45, 7) is -0.114. The quantitative estimate of drug-likeness (QED) is 0.785. The van der Waals surface area contributed by atoms with Gasteiger partial charge in [0.25, 0.3) is 0 Å². The highest BCUT2D eigenvalue weighted by molar-refractivity contribution is 5.86. The Morgan fingerprint density at radius 2 is 1.71 bits per heavy atom. The fourth-order valence-corrected chi connectivity index (χ4v) is 2.71. The highest BCUT2D eigenvalue weighted by atomic mass is 19.4. The fraction of sp³-hybridized carbons (Fsp3) is 0.500. The van der Waals surface area contributed by atoms with Gasteiger partial charge in [-0.3, -0.25) is 4.79 Å². The summed E-state index contributed by atoms with van der Waals surface area (Å²) in [4.78, 5) is 13.0. The van der Waals surface area contributed by atoms with Crippen molar-refractivity contribution in [3.05, 3.63) is 35.9 Å². The number of alkyl halides is 5. The lowest BCUT2D eigenvalue weighted by Crippen LogP contribution is -2.56. The normalized spacial score (nSPS) is 23.7. The molecule has 0 bridgehead atoms. The van der Waals surface area contributed by atoms with Gasteiger partial charge >= 0.3 is 12.1 Å². The van der Waals surface area contributed by atoms with Crippen molar-refractivity contribution < 1.29 is 26.7 Å². The molecule has 0 aromatic heterocycles. The third-order valence-corrected chi connectivity index (χ3v) is 3.94. The predicted molar refractivity (Wildman–Crippen MR) is 65.8 cm³/mol. The van der Waals surface area contributed by atoms with Crippen LogP contribution in [-0.4, -0.2) is 36.5 Å². The molecule has 0 aliphatic carbocycles. The van der Waals surface area contributed by atoms with Crippen LogP contribution in [-0.2, 0) is 11.2 Å². The third kappa shape index (κ3) is 2.38. The molecule has 1 fully saturated rings. The predicted octanol–water partition coefficient (Wildman–Crippen LogP) is 3.28. The Labute approximate surface area is 118 Å². The van der Waals surface area contributed by atoms with Crippen LogP contribution in [0.1, 0.15) is 12.0 Å². The largest absolute Gasteiger partial charge is 0.454 e. The monoisotopic (exact) mass is 307 g/mol. The maximum Gasteiger partial charge on any atom is 0.454 e. The van der Waals surface area contributed by atoms with Gasteiger partial charge in [0.15, 0.2) is 0 Å². The lowest BCUT2D eigenvalue weighted by atomic mass is 9.74. The van der Waals surface area contributed by atoms with Gasteiger partial charge in [0.05, 0.1) is 0 Å². The van der Waals surface area contributed by atoms with Gasteiger partial charge in [-0.1, -0.05) is 30.3 Å². The molecule has 1 aromatic carbocycles. The lowest BCUT2D eigenvalue weighted by Gasteiger charge is -2.36. The number of carbonyl (C=O) groups excluding carboxylic acids is 1. The minimum Gasteiger partial charge on any atom is -0.345 e. The molecule has 1 aliphatic heterocycles. The second kappa shape index (κ2) is 4.96. The molecule has 1 atom stereocenters. The first-order chi connectivity index (χ1) is 9.62. The Balaban J connectivity index is 2.49. The summed E-state index contributed by atoms with van der Waals surface area (Å²) in [5.74, 6) is -6.23. The molecule has 2 nitrogen and oxygen atoms in total. The van der Waals surface area contributed by atoms with E-state index in [1.807, 2.05) is 0 Å². The lowest BCUT2D eigenvalue weighted by molar-refractivity contribution is -0.319. The maximum atomic E-state index is 14.0. The average Bonchev–Trinajstić information content (AvgIpc) is 2.68. The van der Waals surface area contributed by atoms with E-state index in [4.69, 9.17) is 0 Å². The first-order valence-corrected chi connectivity index (χ1v) is 6.36. The number of amides is 1. The van der Waals surface area contributed by atoms with E-state index in [0.29, 0.717) is 0 Å². The van der Waals surface area contributed by atoms with Crippen LogP contribution in [0.5, 0.6) is 0 Å². The molecule has 0 spiro atoms. The van der Waals surface area contributed by atoms with E-state index >= 15 is 0 Å². The minimum atomic E-state index is -5.76. The van der Waals surface area contributed by atoms with E-state index in [-0.39, 0.29) is 12.1 Å². The number of hydrogen-bond acceptors (Lipinski definition) is 1. The van der Waals surface area contributed by atoms with Gasteiger partial charge in [-0.05, 0) is 18.4 Å². The Morgan fingerprint density at radius 3 is 2.14 bits per heavy atom. The van der Waals surface area contributed by atoms with Crippen molar-refractivity contribution in [1.29, 1.82) is 0 Å². The number of benzene rings is 1. The number of carbonyl (C=O) groups is 1. The number of likely N-dealkylation sites (tertiary alicyclic amines) is 1. The van der Waals surface area contributed by atoms with Gasteiger partial charge in [-0.25, -0.2) is 0 Å². The Kier molecular flexibility index (Phi) is 3.71. The number of nitrogens with zero attached hydrogens (tertiary/aromatic N) is 1. The molecule has 2 rings (SSSR count). The van der Waals surface area contributed by atoms with Crippen molar-refractivity contribution in [3.63, 3.8) is 0 Å². The zero-order valence-corrected chi connectivity index (χ0v) is 11.3. The molecule has 1 amide bonds. The van der Waals surface area contributed by atoms with Crippen LogP contribution in [0.4, 0.5) is 22.0 Å². The first kappa shape index (κ1) is 15.7. The average molecular weight is 307 g/mol. The van der Waals surface area contributed by atoms with Crippen LogP contribution in [0, 0.1) is 5.41 Å². The molecule has 21 heavy (non-hydrogen) atoms. The summed E-state index contributed by atoms with van der Waals surface area (Å²) >= 11 is 0. The van der Waals surface area contributed by atoms with Crippen LogP contribution >= 0.6 is 0 Å². The fourth-order valence-electron chi connectivity index (χ4n) is 2.71. The van der Waals surface area contributed by atoms with Crippen molar-refractivity contribution >= 4 is 5.91 Å². The minimum absolute atomic E-state index is 0.114. The van der Waals surface area contributed by atoms with Crippen molar-refractivity contribution in [2.24, 2.45) is 5.41 Å². The van der Waals surface area contributed by atoms with E-state index in [0.717, 1.165) is 4.90 Å². The molecule has 0 saturated carbocycles. The molecule has 1 aliphatic rings. The highest BCUT2D eigenvalue weighted by Crippen LogP contribution is 2.54. The summed E-state index contributed by atoms with van der Waals surface area (Å²) in [5, 5.41) is 0. The standard InChI is InChI=1S/C14H14F5NO/c1-20-8-7-12(11(20)21,13(15,16)14(17,18)19)9-10-5-3-2-4-6-10/h2-6H,7-9H2,1H3. The highest BCUT2D eigenvalue weighted by Gasteiger charge is 2.74. The number of hydrogen-bond donors (Lipinski definition) is 0. The molecule has 1 aromatic rings. The van der Waals surface area contributed by atoms with E-state index in [1.165, 1.54) is 31.3 Å². The second-order valence-electron chi connectivity index (χ2n) is 5.29. The second-order valence-corrected chi connectivity index (χ2v) is 5.29. The molecule has 116 valence electrons. The zero-order chi connectivity index (χ0) is 15.9. The summed E-state index contributed by atoms with van der Waals surface area (Å²) in [6.07, 6.45) is -6.92. The van der Waals surface area contributed by atoms with Gasteiger partial charge in [0.2, 0.25) is 5.91 Å². The summed E-state index contributed by atoms with van der Waals surface area (Å²) < 4.78 is 66.5. The molecule has 7 heteroatoms. The van der Waals surface area contributed by atoms with Gasteiger partial charge in [-0.2, -0.15) is 22.0 Å². The molecule has 1 unspecified atom stereocenters. The number of rotatable bonds is 3. The van der Waals surface area contributed by atoms with Crippen molar-refractivity contribution in [1.82, 2.24) is 4.90 Å². The van der Waals surface area contributed by atoms with Crippen molar-refractivity contribution in [2.75, 3.05) is 13.6 Å². The molecule has 1 heterocycles. The Hall–Kier alpha value is -1.66. The smallest absolute Gasteiger partial charge is 0.345 e. The van der Waals surface area contributed by atoms with Crippen molar-refractivity contribution in [3.8, 4) is 0 Å². The van der Waals surface area contributed by atoms with Crippen LogP contribution in [0.15, 0.2) is 30.3 Å². The maximum absolute atomic E-state index is 14.0. The Morgan fingerprint density at radius 1 is 1.14 bits per heavy atom. The molecular formula is C14H14F5NO. The van der Waals surface area contributed by atoms with Gasteiger partial charge < -0.3 is 4.90 Å². The van der Waals surface area contributed by atoms with Gasteiger partial charge in [-0.15, -0.1) is 0 Å². The van der Waals surface area contributed by atoms with E-state index in [2.05, 4.69) is 0 Å². The zero-order valence-electron chi connectivity index (χ0n) is 11.3. The van der Waals surface area contributed by atoms with Crippen LogP contribution in [0.3, 0.4) is 0 Å². The molecule has 0 N–H and O–H groups in total. The summed E-state index contributed by atoms with van der Waals surface area (Å²) in [6, 6.07) is 7.59. The van der Waals surface area contributed by atoms with Crippen LogP contribution < -0.4 is 0 Å². The van der Waals surface area contributed by atoms with Crippen molar-refractivity contribution in [2.45, 2.75) is 24.9 Å². The summed E-state index contributed by atoms with van der Waals surface area (Å²) in [7, 11) is 1.24. The molecule has 0 radical (unpaired) electrons. The first-order valence-electron chi connectivity index (χ1n) is 6.36. The van der Waals surface area contributed by atoms with Crippen LogP contribution in [0.2, 0.25) is 0 Å². The van der Waals surface area contributed by atoms with E-state index in [9.17, 15) is 26.7 Å². The van der Waals surface area contributed by atoms with E-state index in [1.54, 1.807) is 6.07 Å². The third-order valence-electron chi connectivity index (χ3n) is 3.94. The molecule has 1 saturated heterocycles. The molecular weight excluding hydrogens is 293 g/mol. The topological polar surface area (TPSA) is 20.3 Å². The van der Waals surface area contributed by atoms with E-state index < -0.39 is 36.3 Å². The SMILES string of the molecule is CN1CCC(Cc2ccccc2)(C(F)(F)C(F)(F)F)C1=O. The van der Waals surface area contributed by atoms with Gasteiger partial charge in [0.1, 0.15) is 5.41 Å². The van der Waals surface area contributed by atoms with Crippen LogP contribution in [0.25, 0.3) is 0 Å². The number of halogens is 5. The Bertz CT molecular complexity index is 528.